The number of amides is 1. The van der Waals surface area contributed by atoms with Gasteiger partial charge in [0.25, 0.3) is 0 Å². The molecule has 1 saturated carbocycles. The van der Waals surface area contributed by atoms with Crippen molar-refractivity contribution in [1.29, 1.82) is 0 Å². The molecular formula is C20H32N4O2. The molecule has 1 aromatic carbocycles. The van der Waals surface area contributed by atoms with Gasteiger partial charge in [-0.05, 0) is 50.7 Å². The summed E-state index contributed by atoms with van der Waals surface area (Å²) in [5.41, 5.74) is 1.76. The lowest BCUT2D eigenvalue weighted by Gasteiger charge is -2.24. The van der Waals surface area contributed by atoms with Gasteiger partial charge in [-0.3, -0.25) is 4.99 Å². The second-order valence-corrected chi connectivity index (χ2v) is 7.90. The Kier molecular flexibility index (Phi) is 6.89. The number of carbonyl (C=O) groups excluding carboxylic acids is 1. The highest BCUT2D eigenvalue weighted by Gasteiger charge is 2.21. The predicted molar refractivity (Wildman–Crippen MR) is 105 cm³/mol. The van der Waals surface area contributed by atoms with Gasteiger partial charge in [-0.15, -0.1) is 0 Å². The summed E-state index contributed by atoms with van der Waals surface area (Å²) in [6.45, 7) is 7.84. The molecule has 26 heavy (non-hydrogen) atoms. The Balaban J connectivity index is 1.78. The van der Waals surface area contributed by atoms with E-state index in [1.807, 2.05) is 32.9 Å². The fraction of sp³-hybridized carbons (Fsp3) is 0.600. The Morgan fingerprint density at radius 3 is 2.35 bits per heavy atom. The SMILES string of the molecule is CN=C(NCc1ccc(CN(C)C(=O)OC(C)(C)C)cc1)NCC1CC1. The van der Waals surface area contributed by atoms with E-state index in [2.05, 4.69) is 27.8 Å². The molecular weight excluding hydrogens is 328 g/mol. The van der Waals surface area contributed by atoms with Crippen LogP contribution in [0.2, 0.25) is 0 Å². The van der Waals surface area contributed by atoms with Crippen molar-refractivity contribution in [3.05, 3.63) is 35.4 Å². The van der Waals surface area contributed by atoms with E-state index in [4.69, 9.17) is 4.74 Å². The molecule has 2 rings (SSSR count). The average molecular weight is 361 g/mol. The lowest BCUT2D eigenvalue weighted by atomic mass is 10.1. The van der Waals surface area contributed by atoms with Gasteiger partial charge in [0, 0.05) is 33.7 Å². The maximum absolute atomic E-state index is 12.0. The summed E-state index contributed by atoms with van der Waals surface area (Å²) in [6, 6.07) is 8.22. The van der Waals surface area contributed by atoms with Crippen LogP contribution in [0.5, 0.6) is 0 Å². The molecule has 1 aromatic rings. The maximum atomic E-state index is 12.0. The zero-order chi connectivity index (χ0) is 19.2. The molecule has 0 unspecified atom stereocenters. The fourth-order valence-corrected chi connectivity index (χ4v) is 2.41. The number of hydrogen-bond acceptors (Lipinski definition) is 3. The van der Waals surface area contributed by atoms with E-state index in [1.54, 1.807) is 19.0 Å². The summed E-state index contributed by atoms with van der Waals surface area (Å²) in [4.78, 5) is 17.9. The first-order valence-electron chi connectivity index (χ1n) is 9.23. The van der Waals surface area contributed by atoms with Crippen LogP contribution < -0.4 is 10.6 Å². The van der Waals surface area contributed by atoms with Crippen molar-refractivity contribution in [2.24, 2.45) is 10.9 Å². The van der Waals surface area contributed by atoms with Crippen molar-refractivity contribution in [3.63, 3.8) is 0 Å². The van der Waals surface area contributed by atoms with Gasteiger partial charge in [0.05, 0.1) is 0 Å². The van der Waals surface area contributed by atoms with Crippen LogP contribution in [-0.4, -0.2) is 43.2 Å². The Labute approximate surface area is 157 Å². The number of aliphatic imine (C=N–C) groups is 1. The Morgan fingerprint density at radius 1 is 1.19 bits per heavy atom. The molecule has 1 fully saturated rings. The van der Waals surface area contributed by atoms with Gasteiger partial charge in [0.2, 0.25) is 0 Å². The van der Waals surface area contributed by atoms with Crippen molar-refractivity contribution < 1.29 is 9.53 Å². The van der Waals surface area contributed by atoms with Gasteiger partial charge in [-0.1, -0.05) is 24.3 Å². The highest BCUT2D eigenvalue weighted by Crippen LogP contribution is 2.27. The lowest BCUT2D eigenvalue weighted by molar-refractivity contribution is 0.0285. The number of rotatable bonds is 6. The summed E-state index contributed by atoms with van der Waals surface area (Å²) in [6.07, 6.45) is 2.33. The average Bonchev–Trinajstić information content (AvgIpc) is 3.39. The normalized spacial score (nSPS) is 14.7. The summed E-state index contributed by atoms with van der Waals surface area (Å²) in [5, 5.41) is 6.68. The van der Waals surface area contributed by atoms with Crippen LogP contribution in [0.15, 0.2) is 29.3 Å². The third-order valence-corrected chi connectivity index (χ3v) is 4.09. The second-order valence-electron chi connectivity index (χ2n) is 7.90. The van der Waals surface area contributed by atoms with E-state index in [-0.39, 0.29) is 6.09 Å². The molecule has 0 spiro atoms. The van der Waals surface area contributed by atoms with Crippen molar-refractivity contribution in [2.75, 3.05) is 20.6 Å². The van der Waals surface area contributed by atoms with Crippen LogP contribution in [0.25, 0.3) is 0 Å². The topological polar surface area (TPSA) is 66.0 Å². The largest absolute Gasteiger partial charge is 0.444 e. The third-order valence-electron chi connectivity index (χ3n) is 4.09. The highest BCUT2D eigenvalue weighted by molar-refractivity contribution is 5.79. The number of benzene rings is 1. The number of nitrogens with one attached hydrogen (secondary N) is 2. The standard InChI is InChI=1S/C20H32N4O2/c1-20(2,3)26-19(25)24(5)14-17-10-8-16(9-11-17)13-23-18(21-4)22-12-15-6-7-15/h8-11,15H,6-7,12-14H2,1-5H3,(H2,21,22,23). The van der Waals surface area contributed by atoms with Crippen LogP contribution in [0, 0.1) is 5.92 Å². The Bertz CT molecular complexity index is 616. The first kappa shape index (κ1) is 20.1. The van der Waals surface area contributed by atoms with Gasteiger partial charge in [-0.25, -0.2) is 4.79 Å². The minimum Gasteiger partial charge on any atom is -0.444 e. The highest BCUT2D eigenvalue weighted by atomic mass is 16.6. The van der Waals surface area contributed by atoms with E-state index in [0.29, 0.717) is 13.1 Å². The number of carbonyl (C=O) groups is 1. The van der Waals surface area contributed by atoms with E-state index < -0.39 is 5.60 Å². The third kappa shape index (κ3) is 7.33. The predicted octanol–water partition coefficient (Wildman–Crippen LogP) is 3.13. The molecule has 0 saturated heterocycles. The van der Waals surface area contributed by atoms with Crippen molar-refractivity contribution in [3.8, 4) is 0 Å². The van der Waals surface area contributed by atoms with Gasteiger partial charge >= 0.3 is 6.09 Å². The summed E-state index contributed by atoms with van der Waals surface area (Å²) >= 11 is 0. The van der Waals surface area contributed by atoms with E-state index in [1.165, 1.54) is 18.4 Å². The molecule has 0 aliphatic heterocycles. The summed E-state index contributed by atoms with van der Waals surface area (Å²) < 4.78 is 5.37. The monoisotopic (exact) mass is 360 g/mol. The molecule has 1 aliphatic carbocycles. The van der Waals surface area contributed by atoms with Crippen LogP contribution >= 0.6 is 0 Å². The van der Waals surface area contributed by atoms with Crippen LogP contribution in [0.3, 0.4) is 0 Å². The first-order chi connectivity index (χ1) is 12.3. The molecule has 1 amide bonds. The van der Waals surface area contributed by atoms with Gasteiger partial charge < -0.3 is 20.3 Å². The van der Waals surface area contributed by atoms with E-state index in [9.17, 15) is 4.79 Å². The quantitative estimate of drug-likeness (QED) is 0.604. The van der Waals surface area contributed by atoms with Gasteiger partial charge in [-0.2, -0.15) is 0 Å². The number of guanidine groups is 1. The van der Waals surface area contributed by atoms with E-state index in [0.717, 1.165) is 24.0 Å². The molecule has 6 nitrogen and oxygen atoms in total. The number of nitrogens with zero attached hydrogens (tertiary/aromatic N) is 2. The molecule has 144 valence electrons. The summed E-state index contributed by atoms with van der Waals surface area (Å²) in [5.74, 6) is 1.65. The number of hydrogen-bond donors (Lipinski definition) is 2. The molecule has 0 atom stereocenters. The Hall–Kier alpha value is -2.24. The van der Waals surface area contributed by atoms with Gasteiger partial charge in [0.1, 0.15) is 5.60 Å². The second kappa shape index (κ2) is 8.92. The van der Waals surface area contributed by atoms with Crippen LogP contribution in [0.4, 0.5) is 4.79 Å². The first-order valence-corrected chi connectivity index (χ1v) is 9.23. The molecule has 6 heteroatoms. The van der Waals surface area contributed by atoms with E-state index >= 15 is 0 Å². The van der Waals surface area contributed by atoms with Crippen LogP contribution in [-0.2, 0) is 17.8 Å². The van der Waals surface area contributed by atoms with Crippen molar-refractivity contribution in [1.82, 2.24) is 15.5 Å². The molecule has 2 N–H and O–H groups in total. The maximum Gasteiger partial charge on any atom is 0.410 e. The van der Waals surface area contributed by atoms with Crippen molar-refractivity contribution in [2.45, 2.75) is 52.3 Å². The minimum atomic E-state index is -0.479. The number of ether oxygens (including phenoxy) is 1. The molecule has 0 radical (unpaired) electrons. The summed E-state index contributed by atoms with van der Waals surface area (Å²) in [7, 11) is 3.54. The molecule has 0 bridgehead atoms. The smallest absolute Gasteiger partial charge is 0.410 e. The lowest BCUT2D eigenvalue weighted by Crippen LogP contribution is -2.37. The zero-order valence-corrected chi connectivity index (χ0v) is 16.6. The Morgan fingerprint density at radius 2 is 1.81 bits per heavy atom. The van der Waals surface area contributed by atoms with Gasteiger partial charge in [0.15, 0.2) is 5.96 Å². The van der Waals surface area contributed by atoms with Crippen LogP contribution in [0.1, 0.15) is 44.7 Å². The molecule has 1 aliphatic rings. The van der Waals surface area contributed by atoms with Crippen molar-refractivity contribution >= 4 is 12.1 Å². The zero-order valence-electron chi connectivity index (χ0n) is 16.6. The molecule has 0 heterocycles. The molecule has 0 aromatic heterocycles. The minimum absolute atomic E-state index is 0.311. The fourth-order valence-electron chi connectivity index (χ4n) is 2.41.